The molecular formula is C20H35IN4O2. The van der Waals surface area contributed by atoms with Gasteiger partial charge in [-0.25, -0.2) is 4.99 Å². The number of rotatable bonds is 12. The molecule has 1 amide bonds. The molecule has 0 heterocycles. The first-order valence-corrected chi connectivity index (χ1v) is 9.68. The molecule has 0 aliphatic heterocycles. The monoisotopic (exact) mass is 490 g/mol. The van der Waals surface area contributed by atoms with E-state index in [9.17, 15) is 4.79 Å². The van der Waals surface area contributed by atoms with Gasteiger partial charge in [0, 0.05) is 38.4 Å². The Bertz CT molecular complexity index is 553. The molecule has 0 spiro atoms. The number of nitrogens with one attached hydrogen (secondary N) is 3. The summed E-state index contributed by atoms with van der Waals surface area (Å²) in [5.41, 5.74) is 1.70. The minimum atomic E-state index is -0.0305. The molecule has 7 heteroatoms. The SMILES string of the molecule is CCCNC(=O)c1cccc(CN=C(NCC)NCCCCOCC)c1.I. The number of benzene rings is 1. The Morgan fingerprint density at radius 1 is 1.07 bits per heavy atom. The van der Waals surface area contributed by atoms with Gasteiger partial charge in [-0.2, -0.15) is 0 Å². The van der Waals surface area contributed by atoms with Gasteiger partial charge in [0.15, 0.2) is 5.96 Å². The first kappa shape index (κ1) is 25.6. The van der Waals surface area contributed by atoms with Crippen LogP contribution >= 0.6 is 24.0 Å². The summed E-state index contributed by atoms with van der Waals surface area (Å²) in [6, 6.07) is 7.63. The first-order valence-electron chi connectivity index (χ1n) is 9.68. The third-order valence-electron chi connectivity index (χ3n) is 3.70. The lowest BCUT2D eigenvalue weighted by atomic mass is 10.1. The van der Waals surface area contributed by atoms with Gasteiger partial charge in [-0.05, 0) is 50.8 Å². The number of halogens is 1. The molecule has 1 rings (SSSR count). The van der Waals surface area contributed by atoms with Crippen LogP contribution in [0.15, 0.2) is 29.3 Å². The second kappa shape index (κ2) is 16.8. The van der Waals surface area contributed by atoms with Gasteiger partial charge in [-0.15, -0.1) is 24.0 Å². The van der Waals surface area contributed by atoms with E-state index in [4.69, 9.17) is 4.74 Å². The van der Waals surface area contributed by atoms with Gasteiger partial charge in [-0.3, -0.25) is 4.79 Å². The van der Waals surface area contributed by atoms with Crippen LogP contribution in [0.2, 0.25) is 0 Å². The summed E-state index contributed by atoms with van der Waals surface area (Å²) in [7, 11) is 0. The number of unbranched alkanes of at least 4 members (excludes halogenated alkanes) is 1. The van der Waals surface area contributed by atoms with Crippen LogP contribution in [0.25, 0.3) is 0 Å². The fraction of sp³-hybridized carbons (Fsp3) is 0.600. The van der Waals surface area contributed by atoms with Crippen LogP contribution in [0.5, 0.6) is 0 Å². The topological polar surface area (TPSA) is 74.8 Å². The van der Waals surface area contributed by atoms with Crippen LogP contribution in [0.1, 0.15) is 56.0 Å². The Labute approximate surface area is 181 Å². The standard InChI is InChI=1S/C20H34N4O2.HI/c1-4-12-22-19(25)18-11-9-10-17(15-18)16-24-20(21-5-2)23-13-7-8-14-26-6-3;/h9-11,15H,4-8,12-14,16H2,1-3H3,(H,22,25)(H2,21,23,24);1H. The third kappa shape index (κ3) is 11.9. The first-order chi connectivity index (χ1) is 12.7. The zero-order valence-corrected chi connectivity index (χ0v) is 19.2. The van der Waals surface area contributed by atoms with E-state index in [1.807, 2.05) is 45.0 Å². The van der Waals surface area contributed by atoms with Gasteiger partial charge in [0.2, 0.25) is 0 Å². The normalized spacial score (nSPS) is 10.9. The minimum Gasteiger partial charge on any atom is -0.382 e. The van der Waals surface area contributed by atoms with Crippen molar-refractivity contribution in [2.24, 2.45) is 4.99 Å². The van der Waals surface area contributed by atoms with E-state index in [1.165, 1.54) is 0 Å². The summed E-state index contributed by atoms with van der Waals surface area (Å²) >= 11 is 0. The van der Waals surface area contributed by atoms with Crippen molar-refractivity contribution >= 4 is 35.8 Å². The van der Waals surface area contributed by atoms with E-state index in [1.54, 1.807) is 0 Å². The average Bonchev–Trinajstić information content (AvgIpc) is 2.67. The van der Waals surface area contributed by atoms with Gasteiger partial charge in [0.1, 0.15) is 0 Å². The predicted octanol–water partition coefficient (Wildman–Crippen LogP) is 3.32. The van der Waals surface area contributed by atoms with E-state index in [0.717, 1.165) is 57.1 Å². The molecule has 0 aromatic heterocycles. The lowest BCUT2D eigenvalue weighted by Gasteiger charge is -2.11. The van der Waals surface area contributed by atoms with Crippen LogP contribution in [0.4, 0.5) is 0 Å². The summed E-state index contributed by atoms with van der Waals surface area (Å²) in [6.45, 7) is 10.6. The van der Waals surface area contributed by atoms with Crippen molar-refractivity contribution in [1.29, 1.82) is 0 Å². The molecule has 0 unspecified atom stereocenters. The maximum atomic E-state index is 12.1. The molecule has 0 aliphatic carbocycles. The smallest absolute Gasteiger partial charge is 0.251 e. The van der Waals surface area contributed by atoms with Gasteiger partial charge in [0.05, 0.1) is 6.54 Å². The molecule has 1 aromatic carbocycles. The molecule has 1 aromatic rings. The van der Waals surface area contributed by atoms with E-state index >= 15 is 0 Å². The summed E-state index contributed by atoms with van der Waals surface area (Å²) in [6.07, 6.45) is 3.00. The van der Waals surface area contributed by atoms with Crippen LogP contribution in [-0.4, -0.2) is 44.7 Å². The molecule has 0 atom stereocenters. The quantitative estimate of drug-likeness (QED) is 0.182. The van der Waals surface area contributed by atoms with Crippen molar-refractivity contribution < 1.29 is 9.53 Å². The zero-order chi connectivity index (χ0) is 19.0. The zero-order valence-electron chi connectivity index (χ0n) is 16.8. The van der Waals surface area contributed by atoms with Crippen molar-refractivity contribution in [3.8, 4) is 0 Å². The number of guanidine groups is 1. The Balaban J connectivity index is 0.00000676. The van der Waals surface area contributed by atoms with Crippen molar-refractivity contribution in [3.05, 3.63) is 35.4 Å². The largest absolute Gasteiger partial charge is 0.382 e. The maximum absolute atomic E-state index is 12.1. The average molecular weight is 490 g/mol. The van der Waals surface area contributed by atoms with Gasteiger partial charge in [0.25, 0.3) is 5.91 Å². The highest BCUT2D eigenvalue weighted by atomic mass is 127. The summed E-state index contributed by atoms with van der Waals surface area (Å²) < 4.78 is 5.34. The van der Waals surface area contributed by atoms with E-state index in [-0.39, 0.29) is 29.9 Å². The molecule has 27 heavy (non-hydrogen) atoms. The van der Waals surface area contributed by atoms with Crippen LogP contribution in [-0.2, 0) is 11.3 Å². The molecule has 0 aliphatic rings. The van der Waals surface area contributed by atoms with Gasteiger partial charge < -0.3 is 20.7 Å². The molecular weight excluding hydrogens is 455 g/mol. The second-order valence-electron chi connectivity index (χ2n) is 5.98. The number of hydrogen-bond donors (Lipinski definition) is 3. The molecule has 6 nitrogen and oxygen atoms in total. The van der Waals surface area contributed by atoms with Crippen LogP contribution in [0, 0.1) is 0 Å². The fourth-order valence-corrected chi connectivity index (χ4v) is 2.34. The molecule has 0 saturated carbocycles. The van der Waals surface area contributed by atoms with Crippen molar-refractivity contribution in [2.45, 2.75) is 46.6 Å². The maximum Gasteiger partial charge on any atom is 0.251 e. The molecule has 0 saturated heterocycles. The molecule has 0 radical (unpaired) electrons. The number of carbonyl (C=O) groups is 1. The Hall–Kier alpha value is -1.35. The predicted molar refractivity (Wildman–Crippen MR) is 123 cm³/mol. The number of ether oxygens (including phenoxy) is 1. The third-order valence-corrected chi connectivity index (χ3v) is 3.70. The fourth-order valence-electron chi connectivity index (χ4n) is 2.34. The lowest BCUT2D eigenvalue weighted by molar-refractivity contribution is 0.0953. The molecule has 154 valence electrons. The van der Waals surface area contributed by atoms with E-state index in [2.05, 4.69) is 20.9 Å². The lowest BCUT2D eigenvalue weighted by Crippen LogP contribution is -2.37. The highest BCUT2D eigenvalue weighted by Crippen LogP contribution is 2.07. The van der Waals surface area contributed by atoms with Crippen LogP contribution in [0.3, 0.4) is 0 Å². The number of amides is 1. The number of carbonyl (C=O) groups excluding carboxylic acids is 1. The number of hydrogen-bond acceptors (Lipinski definition) is 3. The number of nitrogens with zero attached hydrogens (tertiary/aromatic N) is 1. The van der Waals surface area contributed by atoms with Crippen molar-refractivity contribution in [3.63, 3.8) is 0 Å². The summed E-state index contributed by atoms with van der Waals surface area (Å²) in [5, 5.41) is 9.49. The van der Waals surface area contributed by atoms with Crippen LogP contribution < -0.4 is 16.0 Å². The highest BCUT2D eigenvalue weighted by molar-refractivity contribution is 14.0. The van der Waals surface area contributed by atoms with Crippen molar-refractivity contribution in [2.75, 3.05) is 32.8 Å². The Morgan fingerprint density at radius 2 is 1.89 bits per heavy atom. The summed E-state index contributed by atoms with van der Waals surface area (Å²) in [4.78, 5) is 16.7. The Morgan fingerprint density at radius 3 is 2.59 bits per heavy atom. The number of aliphatic imine (C=N–C) groups is 1. The highest BCUT2D eigenvalue weighted by Gasteiger charge is 2.05. The van der Waals surface area contributed by atoms with Gasteiger partial charge >= 0.3 is 0 Å². The minimum absolute atomic E-state index is 0. The molecule has 0 fully saturated rings. The van der Waals surface area contributed by atoms with E-state index < -0.39 is 0 Å². The van der Waals surface area contributed by atoms with Crippen molar-refractivity contribution in [1.82, 2.24) is 16.0 Å². The molecule has 0 bridgehead atoms. The Kier molecular flexibility index (Phi) is 16.0. The van der Waals surface area contributed by atoms with Gasteiger partial charge in [-0.1, -0.05) is 19.1 Å². The second-order valence-corrected chi connectivity index (χ2v) is 5.98. The van der Waals surface area contributed by atoms with E-state index in [0.29, 0.717) is 18.7 Å². The molecule has 3 N–H and O–H groups in total. The summed E-state index contributed by atoms with van der Waals surface area (Å²) in [5.74, 6) is 0.766.